The summed E-state index contributed by atoms with van der Waals surface area (Å²) in [5.74, 6) is 2.38. The van der Waals surface area contributed by atoms with Crippen molar-refractivity contribution in [2.24, 2.45) is 4.99 Å². The van der Waals surface area contributed by atoms with Gasteiger partial charge in [-0.25, -0.2) is 0 Å². The molecule has 1 atom stereocenters. The van der Waals surface area contributed by atoms with Crippen LogP contribution in [0.15, 0.2) is 23.2 Å². The minimum atomic E-state index is 0.0944. The molecule has 1 aromatic carbocycles. The number of aliphatic imine (C=N–C) groups is 1. The molecule has 2 rings (SSSR count). The van der Waals surface area contributed by atoms with Gasteiger partial charge in [0, 0.05) is 77.1 Å². The van der Waals surface area contributed by atoms with Crippen LogP contribution in [0.4, 0.5) is 5.69 Å². The highest BCUT2D eigenvalue weighted by Gasteiger charge is 2.24. The van der Waals surface area contributed by atoms with Gasteiger partial charge in [-0.15, -0.1) is 0 Å². The number of methoxy groups -OCH3 is 2. The van der Waals surface area contributed by atoms with E-state index in [9.17, 15) is 4.79 Å². The zero-order valence-electron chi connectivity index (χ0n) is 16.9. The van der Waals surface area contributed by atoms with Gasteiger partial charge < -0.3 is 29.9 Å². The third-order valence-corrected chi connectivity index (χ3v) is 4.58. The van der Waals surface area contributed by atoms with E-state index in [1.165, 1.54) is 0 Å². The number of benzene rings is 1. The molecule has 1 fully saturated rings. The lowest BCUT2D eigenvalue weighted by Gasteiger charge is -2.21. The van der Waals surface area contributed by atoms with E-state index in [-0.39, 0.29) is 11.9 Å². The van der Waals surface area contributed by atoms with E-state index in [1.54, 1.807) is 40.3 Å². The molecule has 1 aliphatic heterocycles. The first kappa shape index (κ1) is 20.7. The number of ether oxygens (including phenoxy) is 2. The molecule has 1 saturated heterocycles. The molecule has 2 N–H and O–H groups in total. The first-order valence-electron chi connectivity index (χ1n) is 9.12. The van der Waals surface area contributed by atoms with Gasteiger partial charge in [-0.3, -0.25) is 9.79 Å². The number of nitrogens with zero attached hydrogens (tertiary/aromatic N) is 3. The van der Waals surface area contributed by atoms with Crippen molar-refractivity contribution in [2.45, 2.75) is 18.9 Å². The van der Waals surface area contributed by atoms with Gasteiger partial charge in [0.25, 0.3) is 0 Å². The van der Waals surface area contributed by atoms with Crippen LogP contribution in [0.2, 0.25) is 0 Å². The Morgan fingerprint density at radius 3 is 2.48 bits per heavy atom. The molecule has 0 aromatic heterocycles. The Morgan fingerprint density at radius 1 is 1.26 bits per heavy atom. The van der Waals surface area contributed by atoms with Gasteiger partial charge in [-0.05, 0) is 6.42 Å². The number of hydrogen-bond donors (Lipinski definition) is 2. The highest BCUT2D eigenvalue weighted by atomic mass is 16.5. The second-order valence-corrected chi connectivity index (χ2v) is 6.68. The Morgan fingerprint density at radius 2 is 1.93 bits per heavy atom. The van der Waals surface area contributed by atoms with Gasteiger partial charge in [-0.1, -0.05) is 0 Å². The lowest BCUT2D eigenvalue weighted by Crippen LogP contribution is -2.45. The topological polar surface area (TPSA) is 78.4 Å². The van der Waals surface area contributed by atoms with Gasteiger partial charge in [0.2, 0.25) is 5.91 Å². The Labute approximate surface area is 161 Å². The van der Waals surface area contributed by atoms with Gasteiger partial charge in [0.15, 0.2) is 5.96 Å². The van der Waals surface area contributed by atoms with Crippen molar-refractivity contribution in [3.05, 3.63) is 18.2 Å². The van der Waals surface area contributed by atoms with E-state index >= 15 is 0 Å². The number of carbonyl (C=O) groups excluding carboxylic acids is 1. The third-order valence-electron chi connectivity index (χ3n) is 4.58. The molecule has 0 spiro atoms. The standard InChI is InChI=1S/C19H31N5O3/c1-20-19(21-8-6-18(25)23(2)3)22-14-7-9-24(13-14)15-10-16(26-4)12-17(11-15)27-5/h10-12,14H,6-9,13H2,1-5H3,(H2,20,21,22). The van der Waals surface area contributed by atoms with E-state index in [1.807, 2.05) is 18.2 Å². The van der Waals surface area contributed by atoms with E-state index in [4.69, 9.17) is 9.47 Å². The van der Waals surface area contributed by atoms with Crippen LogP contribution in [-0.4, -0.2) is 77.8 Å². The van der Waals surface area contributed by atoms with E-state index in [0.29, 0.717) is 13.0 Å². The Balaban J connectivity index is 1.89. The normalized spacial score (nSPS) is 16.9. The van der Waals surface area contributed by atoms with E-state index in [2.05, 4.69) is 20.5 Å². The van der Waals surface area contributed by atoms with Crippen LogP contribution in [-0.2, 0) is 4.79 Å². The number of amides is 1. The average Bonchev–Trinajstić information content (AvgIpc) is 3.15. The summed E-state index contributed by atoms with van der Waals surface area (Å²) in [6.45, 7) is 2.35. The van der Waals surface area contributed by atoms with Crippen LogP contribution in [0.5, 0.6) is 11.5 Å². The van der Waals surface area contributed by atoms with Crippen molar-refractivity contribution in [3.8, 4) is 11.5 Å². The molecule has 0 aliphatic carbocycles. The molecule has 0 radical (unpaired) electrons. The lowest BCUT2D eigenvalue weighted by molar-refractivity contribution is -0.128. The monoisotopic (exact) mass is 377 g/mol. The molecule has 27 heavy (non-hydrogen) atoms. The Bertz CT molecular complexity index is 640. The van der Waals surface area contributed by atoms with Crippen molar-refractivity contribution in [3.63, 3.8) is 0 Å². The van der Waals surface area contributed by atoms with Crippen LogP contribution in [0, 0.1) is 0 Å². The molecule has 1 aliphatic rings. The van der Waals surface area contributed by atoms with Crippen molar-refractivity contribution in [2.75, 3.05) is 59.9 Å². The third kappa shape index (κ3) is 5.94. The number of nitrogens with one attached hydrogen (secondary N) is 2. The van der Waals surface area contributed by atoms with Crippen LogP contribution < -0.4 is 25.0 Å². The lowest BCUT2D eigenvalue weighted by atomic mass is 10.2. The summed E-state index contributed by atoms with van der Waals surface area (Å²) in [7, 11) is 8.57. The zero-order chi connectivity index (χ0) is 19.8. The van der Waals surface area contributed by atoms with Gasteiger partial charge in [0.1, 0.15) is 11.5 Å². The molecule has 1 unspecified atom stereocenters. The first-order valence-corrected chi connectivity index (χ1v) is 9.12. The number of anilines is 1. The molecule has 0 bridgehead atoms. The highest BCUT2D eigenvalue weighted by molar-refractivity contribution is 5.81. The van der Waals surface area contributed by atoms with Gasteiger partial charge in [-0.2, -0.15) is 0 Å². The SMILES string of the molecule is CN=C(NCCC(=O)N(C)C)NC1CCN(c2cc(OC)cc(OC)c2)C1. The highest BCUT2D eigenvalue weighted by Crippen LogP contribution is 2.30. The average molecular weight is 377 g/mol. The largest absolute Gasteiger partial charge is 0.497 e. The Kier molecular flexibility index (Phi) is 7.57. The maximum atomic E-state index is 11.7. The molecule has 1 aromatic rings. The maximum Gasteiger partial charge on any atom is 0.223 e. The second kappa shape index (κ2) is 9.89. The summed E-state index contributed by atoms with van der Waals surface area (Å²) in [6, 6.07) is 6.18. The molecule has 150 valence electrons. The molecular formula is C19H31N5O3. The van der Waals surface area contributed by atoms with Gasteiger partial charge in [0.05, 0.1) is 14.2 Å². The zero-order valence-corrected chi connectivity index (χ0v) is 16.9. The summed E-state index contributed by atoms with van der Waals surface area (Å²) in [4.78, 5) is 19.8. The van der Waals surface area contributed by atoms with Crippen LogP contribution in [0.3, 0.4) is 0 Å². The predicted molar refractivity (Wildman–Crippen MR) is 108 cm³/mol. The summed E-state index contributed by atoms with van der Waals surface area (Å²) >= 11 is 0. The quantitative estimate of drug-likeness (QED) is 0.544. The minimum Gasteiger partial charge on any atom is -0.497 e. The molecular weight excluding hydrogens is 346 g/mol. The first-order chi connectivity index (χ1) is 13.0. The summed E-state index contributed by atoms with van der Waals surface area (Å²) < 4.78 is 10.7. The molecule has 8 heteroatoms. The second-order valence-electron chi connectivity index (χ2n) is 6.68. The summed E-state index contributed by atoms with van der Waals surface area (Å²) in [5, 5.41) is 6.64. The van der Waals surface area contributed by atoms with Crippen LogP contribution >= 0.6 is 0 Å². The van der Waals surface area contributed by atoms with E-state index < -0.39 is 0 Å². The maximum absolute atomic E-state index is 11.7. The van der Waals surface area contributed by atoms with E-state index in [0.717, 1.165) is 42.7 Å². The van der Waals surface area contributed by atoms with Crippen LogP contribution in [0.1, 0.15) is 12.8 Å². The minimum absolute atomic E-state index is 0.0944. The molecule has 1 amide bonds. The Hall–Kier alpha value is -2.64. The fourth-order valence-corrected chi connectivity index (χ4v) is 2.99. The molecule has 8 nitrogen and oxygen atoms in total. The smallest absolute Gasteiger partial charge is 0.223 e. The fraction of sp³-hybridized carbons (Fsp3) is 0.579. The molecule has 0 saturated carbocycles. The molecule has 1 heterocycles. The van der Waals surface area contributed by atoms with Crippen molar-refractivity contribution >= 4 is 17.6 Å². The van der Waals surface area contributed by atoms with Crippen LogP contribution in [0.25, 0.3) is 0 Å². The number of rotatable bonds is 7. The van der Waals surface area contributed by atoms with Gasteiger partial charge >= 0.3 is 0 Å². The summed E-state index contributed by atoms with van der Waals surface area (Å²) in [6.07, 6.45) is 1.44. The summed E-state index contributed by atoms with van der Waals surface area (Å²) in [5.41, 5.74) is 1.08. The number of hydrogen-bond acceptors (Lipinski definition) is 5. The number of carbonyl (C=O) groups is 1. The van der Waals surface area contributed by atoms with Crippen molar-refractivity contribution in [1.29, 1.82) is 0 Å². The van der Waals surface area contributed by atoms with Crippen molar-refractivity contribution < 1.29 is 14.3 Å². The fourth-order valence-electron chi connectivity index (χ4n) is 2.99. The predicted octanol–water partition coefficient (Wildman–Crippen LogP) is 0.926. The number of guanidine groups is 1. The van der Waals surface area contributed by atoms with Crippen molar-refractivity contribution in [1.82, 2.24) is 15.5 Å².